The molecule has 0 radical (unpaired) electrons. The monoisotopic (exact) mass is 400 g/mol. The lowest BCUT2D eigenvalue weighted by Crippen LogP contribution is -2.24. The van der Waals surface area contributed by atoms with E-state index in [4.69, 9.17) is 4.74 Å². The number of unbranched alkanes of at least 4 members (excludes halogenated alkanes) is 3. The maximum absolute atomic E-state index is 6.15. The number of ether oxygens (including phenoxy) is 1. The summed E-state index contributed by atoms with van der Waals surface area (Å²) in [5.41, 5.74) is 3.97. The largest absolute Gasteiger partial charge is 0.378 e. The Morgan fingerprint density at radius 1 is 0.880 bits per heavy atom. The standard InChI is InChI=1S/C23H29BrO/c1-2-3-4-5-6-23-16-13-21(17-25-23)20-9-7-18(8-10-20)19-11-14-22(24)15-12-19/h7-12,14-15,21,23H,2-6,13,16-17H2,1H3. The van der Waals surface area contributed by atoms with Gasteiger partial charge in [-0.2, -0.15) is 0 Å². The predicted octanol–water partition coefficient (Wildman–Crippen LogP) is 7.35. The number of rotatable bonds is 7. The second kappa shape index (κ2) is 9.54. The van der Waals surface area contributed by atoms with Crippen LogP contribution in [0.15, 0.2) is 53.0 Å². The predicted molar refractivity (Wildman–Crippen MR) is 110 cm³/mol. The smallest absolute Gasteiger partial charge is 0.0575 e. The van der Waals surface area contributed by atoms with Crippen LogP contribution in [0.3, 0.4) is 0 Å². The van der Waals surface area contributed by atoms with Gasteiger partial charge in [0.25, 0.3) is 0 Å². The highest BCUT2D eigenvalue weighted by atomic mass is 79.9. The summed E-state index contributed by atoms with van der Waals surface area (Å²) >= 11 is 3.50. The summed E-state index contributed by atoms with van der Waals surface area (Å²) in [6.45, 7) is 3.15. The van der Waals surface area contributed by atoms with Crippen LogP contribution in [0.4, 0.5) is 0 Å². The highest BCUT2D eigenvalue weighted by molar-refractivity contribution is 9.10. The first-order valence-electron chi connectivity index (χ1n) is 9.73. The van der Waals surface area contributed by atoms with Gasteiger partial charge in [-0.1, -0.05) is 84.9 Å². The van der Waals surface area contributed by atoms with Gasteiger partial charge in [0, 0.05) is 10.4 Å². The van der Waals surface area contributed by atoms with E-state index in [-0.39, 0.29) is 0 Å². The topological polar surface area (TPSA) is 9.23 Å². The first-order valence-corrected chi connectivity index (χ1v) is 10.5. The van der Waals surface area contributed by atoms with Crippen LogP contribution in [-0.4, -0.2) is 12.7 Å². The van der Waals surface area contributed by atoms with Crippen molar-refractivity contribution in [2.24, 2.45) is 0 Å². The quantitative estimate of drug-likeness (QED) is 0.441. The van der Waals surface area contributed by atoms with E-state index in [1.807, 2.05) is 0 Å². The van der Waals surface area contributed by atoms with E-state index < -0.39 is 0 Å². The molecule has 0 saturated carbocycles. The molecule has 1 heterocycles. The minimum Gasteiger partial charge on any atom is -0.378 e. The third kappa shape index (κ3) is 5.43. The Hall–Kier alpha value is -1.12. The number of hydrogen-bond acceptors (Lipinski definition) is 1. The van der Waals surface area contributed by atoms with Crippen LogP contribution >= 0.6 is 15.9 Å². The summed E-state index contributed by atoms with van der Waals surface area (Å²) in [6, 6.07) is 17.6. The third-order valence-corrected chi connectivity index (χ3v) is 5.84. The van der Waals surface area contributed by atoms with E-state index in [0.29, 0.717) is 12.0 Å². The maximum atomic E-state index is 6.15. The summed E-state index contributed by atoms with van der Waals surface area (Å²) in [4.78, 5) is 0. The molecule has 1 nitrogen and oxygen atoms in total. The van der Waals surface area contributed by atoms with Crippen molar-refractivity contribution in [3.05, 3.63) is 58.6 Å². The zero-order chi connectivity index (χ0) is 17.5. The van der Waals surface area contributed by atoms with E-state index in [1.54, 1.807) is 0 Å². The van der Waals surface area contributed by atoms with E-state index >= 15 is 0 Å². The van der Waals surface area contributed by atoms with Crippen LogP contribution in [-0.2, 0) is 4.74 Å². The summed E-state index contributed by atoms with van der Waals surface area (Å²) in [6.07, 6.45) is 9.57. The van der Waals surface area contributed by atoms with Gasteiger partial charge in [0.05, 0.1) is 12.7 Å². The number of benzene rings is 2. The molecule has 134 valence electrons. The summed E-state index contributed by atoms with van der Waals surface area (Å²) < 4.78 is 7.27. The van der Waals surface area contributed by atoms with Crippen molar-refractivity contribution in [2.45, 2.75) is 63.9 Å². The molecule has 2 heteroatoms. The first-order chi connectivity index (χ1) is 12.3. The number of hydrogen-bond donors (Lipinski definition) is 0. The van der Waals surface area contributed by atoms with Gasteiger partial charge in [0.1, 0.15) is 0 Å². The summed E-state index contributed by atoms with van der Waals surface area (Å²) in [5, 5.41) is 0. The van der Waals surface area contributed by atoms with Gasteiger partial charge in [-0.15, -0.1) is 0 Å². The first kappa shape index (κ1) is 18.7. The second-order valence-electron chi connectivity index (χ2n) is 7.21. The molecule has 0 aliphatic carbocycles. The maximum Gasteiger partial charge on any atom is 0.0575 e. The molecule has 0 spiro atoms. The molecule has 1 saturated heterocycles. The lowest BCUT2D eigenvalue weighted by Gasteiger charge is -2.29. The average Bonchev–Trinajstić information content (AvgIpc) is 2.67. The molecule has 1 aliphatic rings. The Morgan fingerprint density at radius 2 is 1.56 bits per heavy atom. The van der Waals surface area contributed by atoms with Crippen LogP contribution < -0.4 is 0 Å². The van der Waals surface area contributed by atoms with Crippen molar-refractivity contribution in [1.82, 2.24) is 0 Å². The van der Waals surface area contributed by atoms with E-state index in [1.165, 1.54) is 61.6 Å². The molecule has 0 N–H and O–H groups in total. The van der Waals surface area contributed by atoms with Gasteiger partial charge in [-0.3, -0.25) is 0 Å². The Labute approximate surface area is 160 Å². The highest BCUT2D eigenvalue weighted by Crippen LogP contribution is 2.31. The van der Waals surface area contributed by atoms with Crippen LogP contribution in [0, 0.1) is 0 Å². The zero-order valence-electron chi connectivity index (χ0n) is 15.2. The Balaban J connectivity index is 1.51. The van der Waals surface area contributed by atoms with Crippen molar-refractivity contribution in [3.8, 4) is 11.1 Å². The van der Waals surface area contributed by atoms with Crippen molar-refractivity contribution < 1.29 is 4.74 Å². The van der Waals surface area contributed by atoms with Gasteiger partial charge >= 0.3 is 0 Å². The highest BCUT2D eigenvalue weighted by Gasteiger charge is 2.22. The fourth-order valence-corrected chi connectivity index (χ4v) is 3.95. The van der Waals surface area contributed by atoms with Crippen LogP contribution in [0.1, 0.15) is 63.4 Å². The van der Waals surface area contributed by atoms with Gasteiger partial charge in [-0.25, -0.2) is 0 Å². The Morgan fingerprint density at radius 3 is 2.16 bits per heavy atom. The van der Waals surface area contributed by atoms with Crippen LogP contribution in [0.2, 0.25) is 0 Å². The van der Waals surface area contributed by atoms with E-state index in [0.717, 1.165) is 11.1 Å². The summed E-state index contributed by atoms with van der Waals surface area (Å²) in [5.74, 6) is 0.561. The Bertz CT molecular complexity index is 624. The van der Waals surface area contributed by atoms with Gasteiger partial charge in [0.2, 0.25) is 0 Å². The molecule has 25 heavy (non-hydrogen) atoms. The Kier molecular flexibility index (Phi) is 7.12. The molecule has 0 amide bonds. The zero-order valence-corrected chi connectivity index (χ0v) is 16.8. The molecular weight excluding hydrogens is 372 g/mol. The van der Waals surface area contributed by atoms with Crippen molar-refractivity contribution in [2.75, 3.05) is 6.61 Å². The lowest BCUT2D eigenvalue weighted by molar-refractivity contribution is -0.00212. The molecule has 2 unspecified atom stereocenters. The normalized spacial score (nSPS) is 20.6. The third-order valence-electron chi connectivity index (χ3n) is 5.31. The fraction of sp³-hybridized carbons (Fsp3) is 0.478. The molecule has 1 fully saturated rings. The lowest BCUT2D eigenvalue weighted by atomic mass is 9.89. The minimum absolute atomic E-state index is 0.496. The molecule has 2 aromatic carbocycles. The number of halogens is 1. The second-order valence-corrected chi connectivity index (χ2v) is 8.12. The van der Waals surface area contributed by atoms with Crippen molar-refractivity contribution >= 4 is 15.9 Å². The summed E-state index contributed by atoms with van der Waals surface area (Å²) in [7, 11) is 0. The SMILES string of the molecule is CCCCCCC1CCC(c2ccc(-c3ccc(Br)cc3)cc2)CO1. The fourth-order valence-electron chi connectivity index (χ4n) is 3.69. The molecular formula is C23H29BrO. The van der Waals surface area contributed by atoms with Gasteiger partial charge in [0.15, 0.2) is 0 Å². The molecule has 2 atom stereocenters. The van der Waals surface area contributed by atoms with E-state index in [2.05, 4.69) is 71.4 Å². The van der Waals surface area contributed by atoms with Gasteiger partial charge in [-0.05, 0) is 48.1 Å². The van der Waals surface area contributed by atoms with Crippen LogP contribution in [0.5, 0.6) is 0 Å². The van der Waals surface area contributed by atoms with Crippen molar-refractivity contribution in [1.29, 1.82) is 0 Å². The van der Waals surface area contributed by atoms with Gasteiger partial charge < -0.3 is 4.74 Å². The molecule has 0 bridgehead atoms. The van der Waals surface area contributed by atoms with Crippen LogP contribution in [0.25, 0.3) is 11.1 Å². The molecule has 2 aromatic rings. The molecule has 3 rings (SSSR count). The average molecular weight is 401 g/mol. The van der Waals surface area contributed by atoms with E-state index in [9.17, 15) is 0 Å². The molecule has 1 aliphatic heterocycles. The minimum atomic E-state index is 0.496. The molecule has 0 aromatic heterocycles. The van der Waals surface area contributed by atoms with Crippen molar-refractivity contribution in [3.63, 3.8) is 0 Å².